The molecule has 0 radical (unpaired) electrons. The van der Waals surface area contributed by atoms with Gasteiger partial charge in [-0.05, 0) is 30.2 Å². The van der Waals surface area contributed by atoms with Crippen molar-refractivity contribution in [3.05, 3.63) is 35.2 Å². The van der Waals surface area contributed by atoms with Gasteiger partial charge in [0.25, 0.3) is 0 Å². The molecule has 2 N–H and O–H groups in total. The molecule has 0 saturated heterocycles. The Hall–Kier alpha value is -2.95. The Labute approximate surface area is 157 Å². The van der Waals surface area contributed by atoms with E-state index in [1.54, 1.807) is 31.1 Å². The van der Waals surface area contributed by atoms with Gasteiger partial charge in [0.05, 0.1) is 17.5 Å². The number of aromatic nitrogens is 3. The number of hydrogen-bond donors (Lipinski definition) is 1. The van der Waals surface area contributed by atoms with Crippen LogP contribution < -0.4 is 14.9 Å². The van der Waals surface area contributed by atoms with Gasteiger partial charge in [-0.1, -0.05) is 0 Å². The number of nitrogens with zero attached hydrogens (tertiary/aromatic N) is 5. The maximum atomic E-state index is 12.3. The standard InChI is InChI=1S/C16H20N6O4S/c1-21(2)16-19-13(18-15(17)20-16)9-26-14(23)11-4-5-12-10(8-11)6-7-22(12)27(3,24)25/h4-5,8H,6-7,9H2,1-3H3,(H2,17,18,19,20). The first-order valence-corrected chi connectivity index (χ1v) is 9.95. The third-order valence-electron chi connectivity index (χ3n) is 3.99. The molecule has 11 heteroatoms. The zero-order valence-electron chi connectivity index (χ0n) is 15.2. The Bertz CT molecular complexity index is 992. The van der Waals surface area contributed by atoms with Crippen LogP contribution in [0.3, 0.4) is 0 Å². The van der Waals surface area contributed by atoms with Crippen LogP contribution in [-0.2, 0) is 27.8 Å². The summed E-state index contributed by atoms with van der Waals surface area (Å²) in [5.74, 6) is 0.0926. The van der Waals surface area contributed by atoms with Crippen molar-refractivity contribution in [1.29, 1.82) is 0 Å². The third kappa shape index (κ3) is 4.08. The minimum absolute atomic E-state index is 0.0400. The highest BCUT2D eigenvalue weighted by atomic mass is 32.2. The SMILES string of the molecule is CN(C)c1nc(N)nc(COC(=O)c2ccc3c(c2)CCN3S(C)(=O)=O)n1. The summed E-state index contributed by atoms with van der Waals surface area (Å²) in [6, 6.07) is 4.80. The van der Waals surface area contributed by atoms with Crippen molar-refractivity contribution in [3.63, 3.8) is 0 Å². The number of carbonyl (C=O) groups is 1. The lowest BCUT2D eigenvalue weighted by Crippen LogP contribution is -2.27. The Balaban J connectivity index is 1.73. The number of hydrogen-bond acceptors (Lipinski definition) is 9. The molecule has 0 bridgehead atoms. The maximum absolute atomic E-state index is 12.3. The smallest absolute Gasteiger partial charge is 0.338 e. The minimum atomic E-state index is -3.33. The average Bonchev–Trinajstić information content (AvgIpc) is 3.02. The fourth-order valence-corrected chi connectivity index (χ4v) is 3.70. The molecule has 144 valence electrons. The molecular formula is C16H20N6O4S. The number of esters is 1. The van der Waals surface area contributed by atoms with Gasteiger partial charge in [-0.2, -0.15) is 15.0 Å². The number of carbonyl (C=O) groups excluding carboxylic acids is 1. The molecular weight excluding hydrogens is 372 g/mol. The summed E-state index contributed by atoms with van der Waals surface area (Å²) >= 11 is 0. The number of benzene rings is 1. The Kier molecular flexibility index (Phi) is 4.87. The van der Waals surface area contributed by atoms with Crippen LogP contribution >= 0.6 is 0 Å². The highest BCUT2D eigenvalue weighted by Crippen LogP contribution is 2.30. The molecule has 27 heavy (non-hydrogen) atoms. The van der Waals surface area contributed by atoms with Crippen molar-refractivity contribution in [2.75, 3.05) is 41.8 Å². The second kappa shape index (κ2) is 6.99. The van der Waals surface area contributed by atoms with Crippen LogP contribution in [0.2, 0.25) is 0 Å². The first-order valence-electron chi connectivity index (χ1n) is 8.10. The molecule has 0 spiro atoms. The average molecular weight is 392 g/mol. The maximum Gasteiger partial charge on any atom is 0.338 e. The second-order valence-electron chi connectivity index (χ2n) is 6.31. The molecule has 0 atom stereocenters. The summed E-state index contributed by atoms with van der Waals surface area (Å²) in [6.45, 7) is 0.211. The van der Waals surface area contributed by atoms with Crippen molar-refractivity contribution in [1.82, 2.24) is 15.0 Å². The van der Waals surface area contributed by atoms with Gasteiger partial charge in [-0.15, -0.1) is 0 Å². The third-order valence-corrected chi connectivity index (χ3v) is 5.17. The second-order valence-corrected chi connectivity index (χ2v) is 8.22. The van der Waals surface area contributed by atoms with Crippen LogP contribution in [0.15, 0.2) is 18.2 Å². The number of sulfonamides is 1. The van der Waals surface area contributed by atoms with Crippen LogP contribution in [0, 0.1) is 0 Å². The van der Waals surface area contributed by atoms with Gasteiger partial charge in [0.1, 0.15) is 0 Å². The molecule has 2 aromatic rings. The van der Waals surface area contributed by atoms with E-state index < -0.39 is 16.0 Å². The molecule has 0 saturated carbocycles. The van der Waals surface area contributed by atoms with Gasteiger partial charge >= 0.3 is 5.97 Å². The van der Waals surface area contributed by atoms with Crippen LogP contribution in [0.4, 0.5) is 17.6 Å². The summed E-state index contributed by atoms with van der Waals surface area (Å²) in [7, 11) is 0.186. The molecule has 1 aliphatic rings. The van der Waals surface area contributed by atoms with Crippen LogP contribution in [-0.4, -0.2) is 56.2 Å². The predicted octanol–water partition coefficient (Wildman–Crippen LogP) is 0.199. The molecule has 0 unspecified atom stereocenters. The van der Waals surface area contributed by atoms with Gasteiger partial charge < -0.3 is 15.4 Å². The van der Waals surface area contributed by atoms with Gasteiger partial charge in [0.2, 0.25) is 21.9 Å². The number of rotatable bonds is 5. The van der Waals surface area contributed by atoms with E-state index in [4.69, 9.17) is 10.5 Å². The molecule has 3 rings (SSSR count). The first-order chi connectivity index (χ1) is 12.6. The highest BCUT2D eigenvalue weighted by molar-refractivity contribution is 7.92. The molecule has 0 amide bonds. The van der Waals surface area contributed by atoms with E-state index in [9.17, 15) is 13.2 Å². The van der Waals surface area contributed by atoms with E-state index in [0.29, 0.717) is 30.2 Å². The van der Waals surface area contributed by atoms with Crippen molar-refractivity contribution in [3.8, 4) is 0 Å². The number of fused-ring (bicyclic) bond motifs is 1. The lowest BCUT2D eigenvalue weighted by atomic mass is 10.1. The van der Waals surface area contributed by atoms with Crippen molar-refractivity contribution >= 4 is 33.6 Å². The molecule has 2 heterocycles. The van der Waals surface area contributed by atoms with Gasteiger partial charge in [-0.3, -0.25) is 4.31 Å². The highest BCUT2D eigenvalue weighted by Gasteiger charge is 2.27. The topological polar surface area (TPSA) is 132 Å². The van der Waals surface area contributed by atoms with Crippen LogP contribution in [0.1, 0.15) is 21.7 Å². The molecule has 10 nitrogen and oxygen atoms in total. The lowest BCUT2D eigenvalue weighted by Gasteiger charge is -2.16. The number of nitrogens with two attached hydrogens (primary N) is 1. The lowest BCUT2D eigenvalue weighted by molar-refractivity contribution is 0.0462. The van der Waals surface area contributed by atoms with E-state index in [-0.39, 0.29) is 18.4 Å². The van der Waals surface area contributed by atoms with Gasteiger partial charge in [0, 0.05) is 20.6 Å². The summed E-state index contributed by atoms with van der Waals surface area (Å²) in [4.78, 5) is 26.1. The van der Waals surface area contributed by atoms with E-state index in [0.717, 1.165) is 11.8 Å². The number of nitrogen functional groups attached to an aromatic ring is 1. The van der Waals surface area contributed by atoms with Crippen LogP contribution in [0.25, 0.3) is 0 Å². The summed E-state index contributed by atoms with van der Waals surface area (Å²) in [6.07, 6.45) is 1.70. The number of ether oxygens (including phenoxy) is 1. The fourth-order valence-electron chi connectivity index (χ4n) is 2.75. The molecule has 1 aromatic carbocycles. The summed E-state index contributed by atoms with van der Waals surface area (Å²) in [5.41, 5.74) is 7.35. The predicted molar refractivity (Wildman–Crippen MR) is 100 cm³/mol. The summed E-state index contributed by atoms with van der Waals surface area (Å²) < 4.78 is 30.1. The van der Waals surface area contributed by atoms with Gasteiger partial charge in [0.15, 0.2) is 12.4 Å². The van der Waals surface area contributed by atoms with E-state index in [1.165, 1.54) is 10.4 Å². The van der Waals surface area contributed by atoms with Crippen molar-refractivity contribution in [2.45, 2.75) is 13.0 Å². The quantitative estimate of drug-likeness (QED) is 0.709. The largest absolute Gasteiger partial charge is 0.454 e. The van der Waals surface area contributed by atoms with Crippen molar-refractivity contribution in [2.24, 2.45) is 0 Å². The minimum Gasteiger partial charge on any atom is -0.454 e. The Morgan fingerprint density at radius 1 is 1.30 bits per heavy atom. The fraction of sp³-hybridized carbons (Fsp3) is 0.375. The molecule has 0 fully saturated rings. The first kappa shape index (κ1) is 18.8. The van der Waals surface area contributed by atoms with E-state index in [1.807, 2.05) is 0 Å². The van der Waals surface area contributed by atoms with Crippen molar-refractivity contribution < 1.29 is 17.9 Å². The molecule has 0 aliphatic carbocycles. The van der Waals surface area contributed by atoms with Gasteiger partial charge in [-0.25, -0.2) is 13.2 Å². The monoisotopic (exact) mass is 392 g/mol. The zero-order chi connectivity index (χ0) is 19.8. The van der Waals surface area contributed by atoms with Crippen LogP contribution in [0.5, 0.6) is 0 Å². The molecule has 1 aromatic heterocycles. The molecule has 1 aliphatic heterocycles. The van der Waals surface area contributed by atoms with E-state index in [2.05, 4.69) is 15.0 Å². The van der Waals surface area contributed by atoms with E-state index >= 15 is 0 Å². The Morgan fingerprint density at radius 3 is 2.70 bits per heavy atom. The normalized spacial score (nSPS) is 13.4. The zero-order valence-corrected chi connectivity index (χ0v) is 16.0. The number of anilines is 3. The Morgan fingerprint density at radius 2 is 2.04 bits per heavy atom. The summed E-state index contributed by atoms with van der Waals surface area (Å²) in [5, 5.41) is 0.